The van der Waals surface area contributed by atoms with Gasteiger partial charge in [-0.3, -0.25) is 0 Å². The van der Waals surface area contributed by atoms with Crippen molar-refractivity contribution in [1.29, 1.82) is 5.26 Å². The summed E-state index contributed by atoms with van der Waals surface area (Å²) in [6.45, 7) is 5.28. The first-order valence-corrected chi connectivity index (χ1v) is 6.34. The fourth-order valence-corrected chi connectivity index (χ4v) is 1.76. The van der Waals surface area contributed by atoms with Crippen molar-refractivity contribution < 1.29 is 14.3 Å². The third kappa shape index (κ3) is 3.72. The lowest BCUT2D eigenvalue weighted by atomic mass is 10.1. The molecule has 1 aliphatic rings. The first kappa shape index (κ1) is 13.4. The maximum Gasteiger partial charge on any atom is 0.514 e. The Labute approximate surface area is 112 Å². The fourth-order valence-electron chi connectivity index (χ4n) is 1.76. The molecule has 4 heteroatoms. The molecule has 1 saturated carbocycles. The highest BCUT2D eigenvalue weighted by Gasteiger charge is 2.25. The van der Waals surface area contributed by atoms with Crippen molar-refractivity contribution in [3.63, 3.8) is 0 Å². The van der Waals surface area contributed by atoms with Crippen LogP contribution in [-0.4, -0.2) is 11.8 Å². The van der Waals surface area contributed by atoms with Gasteiger partial charge in [0.15, 0.2) is 5.75 Å². The third-order valence-electron chi connectivity index (χ3n) is 2.76. The average Bonchev–Trinajstić information content (AvgIpc) is 3.10. The number of hydrogen-bond donors (Lipinski definition) is 0. The topological polar surface area (TPSA) is 59.3 Å². The van der Waals surface area contributed by atoms with Crippen molar-refractivity contribution in [3.8, 4) is 11.8 Å². The van der Waals surface area contributed by atoms with Gasteiger partial charge in [0.05, 0.1) is 5.56 Å². The molecule has 100 valence electrons. The molecule has 1 aliphatic carbocycles. The van der Waals surface area contributed by atoms with Crippen LogP contribution in [0.2, 0.25) is 0 Å². The maximum atomic E-state index is 11.6. The zero-order chi connectivity index (χ0) is 14.0. The van der Waals surface area contributed by atoms with E-state index in [1.807, 2.05) is 6.07 Å². The molecule has 1 aromatic carbocycles. The van der Waals surface area contributed by atoms with E-state index in [4.69, 9.17) is 14.7 Å². The van der Waals surface area contributed by atoms with Crippen LogP contribution in [0.5, 0.6) is 5.75 Å². The highest BCUT2D eigenvalue weighted by Crippen LogP contribution is 2.41. The predicted octanol–water partition coefficient (Wildman–Crippen LogP) is 3.75. The molecule has 0 N–H and O–H groups in total. The summed E-state index contributed by atoms with van der Waals surface area (Å²) in [7, 11) is 0. The van der Waals surface area contributed by atoms with E-state index < -0.39 is 11.8 Å². The lowest BCUT2D eigenvalue weighted by Crippen LogP contribution is -2.26. The van der Waals surface area contributed by atoms with Crippen molar-refractivity contribution >= 4 is 6.16 Å². The first-order chi connectivity index (χ1) is 8.89. The number of carbonyl (C=O) groups is 1. The Morgan fingerprint density at radius 2 is 2.05 bits per heavy atom. The summed E-state index contributed by atoms with van der Waals surface area (Å²) in [6, 6.07) is 7.41. The molecule has 0 heterocycles. The van der Waals surface area contributed by atoms with E-state index >= 15 is 0 Å². The molecule has 1 aromatic rings. The highest BCUT2D eigenvalue weighted by molar-refractivity contribution is 5.66. The van der Waals surface area contributed by atoms with E-state index in [0.29, 0.717) is 11.5 Å². The molecule has 1 fully saturated rings. The van der Waals surface area contributed by atoms with E-state index in [-0.39, 0.29) is 5.75 Å². The molecule has 0 aliphatic heterocycles. The van der Waals surface area contributed by atoms with E-state index in [1.54, 1.807) is 32.9 Å². The van der Waals surface area contributed by atoms with Crippen LogP contribution < -0.4 is 4.74 Å². The summed E-state index contributed by atoms with van der Waals surface area (Å²) in [6.07, 6.45) is 1.54. The van der Waals surface area contributed by atoms with E-state index in [0.717, 1.165) is 18.4 Å². The molecule has 0 bridgehead atoms. The van der Waals surface area contributed by atoms with Gasteiger partial charge in [0.2, 0.25) is 0 Å². The average molecular weight is 259 g/mol. The number of rotatable bonds is 2. The van der Waals surface area contributed by atoms with Crippen LogP contribution in [0.4, 0.5) is 4.79 Å². The number of nitriles is 1. The van der Waals surface area contributed by atoms with Gasteiger partial charge in [-0.25, -0.2) is 4.79 Å². The number of carbonyl (C=O) groups excluding carboxylic acids is 1. The van der Waals surface area contributed by atoms with Crippen LogP contribution in [0.15, 0.2) is 18.2 Å². The number of nitrogens with zero attached hydrogens (tertiary/aromatic N) is 1. The molecule has 0 unspecified atom stereocenters. The van der Waals surface area contributed by atoms with Gasteiger partial charge in [-0.2, -0.15) is 5.26 Å². The second-order valence-electron chi connectivity index (χ2n) is 5.71. The Kier molecular flexibility index (Phi) is 3.48. The number of benzene rings is 1. The first-order valence-electron chi connectivity index (χ1n) is 6.34. The minimum atomic E-state index is -0.789. The van der Waals surface area contributed by atoms with Crippen molar-refractivity contribution in [2.24, 2.45) is 0 Å². The van der Waals surface area contributed by atoms with E-state index in [9.17, 15) is 4.79 Å². The quantitative estimate of drug-likeness (QED) is 0.599. The molecular weight excluding hydrogens is 242 g/mol. The van der Waals surface area contributed by atoms with Crippen molar-refractivity contribution in [2.45, 2.75) is 45.1 Å². The molecule has 4 nitrogen and oxygen atoms in total. The van der Waals surface area contributed by atoms with Crippen LogP contribution in [0, 0.1) is 11.3 Å². The molecule has 19 heavy (non-hydrogen) atoms. The van der Waals surface area contributed by atoms with Crippen LogP contribution in [0.3, 0.4) is 0 Å². The normalized spacial score (nSPS) is 14.6. The lowest BCUT2D eigenvalue weighted by Gasteiger charge is -2.19. The summed E-state index contributed by atoms with van der Waals surface area (Å²) in [5.41, 5.74) is 0.890. The molecule has 0 amide bonds. The van der Waals surface area contributed by atoms with Gasteiger partial charge in [-0.05, 0) is 57.2 Å². The van der Waals surface area contributed by atoms with Crippen LogP contribution >= 0.6 is 0 Å². The standard InChI is InChI=1S/C15H17NO3/c1-15(2,3)19-14(17)18-13-7-6-11(10-4-5-10)8-12(13)9-16/h6-8,10H,4-5H2,1-3H3. The number of hydrogen-bond acceptors (Lipinski definition) is 4. The Hall–Kier alpha value is -2.02. The summed E-state index contributed by atoms with van der Waals surface area (Å²) >= 11 is 0. The molecule has 0 aromatic heterocycles. The minimum Gasteiger partial charge on any atom is -0.428 e. The van der Waals surface area contributed by atoms with Gasteiger partial charge < -0.3 is 9.47 Å². The lowest BCUT2D eigenvalue weighted by molar-refractivity contribution is 0.0205. The van der Waals surface area contributed by atoms with Crippen LogP contribution in [0.1, 0.15) is 50.7 Å². The van der Waals surface area contributed by atoms with Crippen LogP contribution in [-0.2, 0) is 4.74 Å². The van der Waals surface area contributed by atoms with Crippen molar-refractivity contribution in [2.75, 3.05) is 0 Å². The Morgan fingerprint density at radius 3 is 2.58 bits per heavy atom. The van der Waals surface area contributed by atoms with E-state index in [2.05, 4.69) is 6.07 Å². The maximum absolute atomic E-state index is 11.6. The second-order valence-corrected chi connectivity index (χ2v) is 5.71. The minimum absolute atomic E-state index is 0.251. The smallest absolute Gasteiger partial charge is 0.428 e. The second kappa shape index (κ2) is 4.93. The van der Waals surface area contributed by atoms with Crippen molar-refractivity contribution in [1.82, 2.24) is 0 Å². The Morgan fingerprint density at radius 1 is 1.37 bits per heavy atom. The predicted molar refractivity (Wildman–Crippen MR) is 70.0 cm³/mol. The third-order valence-corrected chi connectivity index (χ3v) is 2.76. The van der Waals surface area contributed by atoms with Crippen molar-refractivity contribution in [3.05, 3.63) is 29.3 Å². The molecule has 0 atom stereocenters. The van der Waals surface area contributed by atoms with Gasteiger partial charge >= 0.3 is 6.16 Å². The zero-order valence-electron chi connectivity index (χ0n) is 11.4. The SMILES string of the molecule is CC(C)(C)OC(=O)Oc1ccc(C2CC2)cc1C#N. The van der Waals surface area contributed by atoms with Gasteiger partial charge in [0, 0.05) is 0 Å². The molecular formula is C15H17NO3. The van der Waals surface area contributed by atoms with Gasteiger partial charge in [-0.1, -0.05) is 6.07 Å². The van der Waals surface area contributed by atoms with Gasteiger partial charge in [0.1, 0.15) is 11.7 Å². The summed E-state index contributed by atoms with van der Waals surface area (Å²) in [5.74, 6) is 0.809. The van der Waals surface area contributed by atoms with Gasteiger partial charge in [-0.15, -0.1) is 0 Å². The Bertz CT molecular complexity index is 533. The van der Waals surface area contributed by atoms with E-state index in [1.165, 1.54) is 0 Å². The Balaban J connectivity index is 2.12. The molecule has 0 spiro atoms. The monoisotopic (exact) mass is 259 g/mol. The fraction of sp³-hybridized carbons (Fsp3) is 0.467. The van der Waals surface area contributed by atoms with Gasteiger partial charge in [0.25, 0.3) is 0 Å². The summed E-state index contributed by atoms with van der Waals surface area (Å²) in [5, 5.41) is 9.11. The zero-order valence-corrected chi connectivity index (χ0v) is 11.4. The summed E-state index contributed by atoms with van der Waals surface area (Å²) in [4.78, 5) is 11.6. The molecule has 0 radical (unpaired) electrons. The largest absolute Gasteiger partial charge is 0.514 e. The van der Waals surface area contributed by atoms with Crippen LogP contribution in [0.25, 0.3) is 0 Å². The highest BCUT2D eigenvalue weighted by atomic mass is 16.7. The molecule has 2 rings (SSSR count). The number of ether oxygens (including phenoxy) is 2. The summed E-state index contributed by atoms with van der Waals surface area (Å²) < 4.78 is 10.1. The molecule has 0 saturated heterocycles.